The quantitative estimate of drug-likeness (QED) is 0.883. The van der Waals surface area contributed by atoms with Gasteiger partial charge in [-0.15, -0.1) is 0 Å². The molecule has 1 aromatic heterocycles. The zero-order valence-electron chi connectivity index (χ0n) is 13.2. The minimum atomic E-state index is -3.56. The summed E-state index contributed by atoms with van der Waals surface area (Å²) in [7, 11) is -3.56. The summed E-state index contributed by atoms with van der Waals surface area (Å²) in [4.78, 5) is 19.8. The summed E-state index contributed by atoms with van der Waals surface area (Å²) in [5, 5.41) is 11.2. The highest BCUT2D eigenvalue weighted by atomic mass is 32.2. The van der Waals surface area contributed by atoms with Gasteiger partial charge >= 0.3 is 0 Å². The number of aromatic nitrogens is 2. The Morgan fingerprint density at radius 2 is 1.83 bits per heavy atom. The van der Waals surface area contributed by atoms with Crippen LogP contribution < -0.4 is 5.32 Å². The van der Waals surface area contributed by atoms with Gasteiger partial charge in [0.1, 0.15) is 6.07 Å². The maximum absolute atomic E-state index is 12.4. The summed E-state index contributed by atoms with van der Waals surface area (Å²) in [5.41, 5.74) is 1.26. The summed E-state index contributed by atoms with van der Waals surface area (Å²) >= 11 is 0. The van der Waals surface area contributed by atoms with E-state index in [1.807, 2.05) is 6.92 Å². The van der Waals surface area contributed by atoms with Gasteiger partial charge in [-0.05, 0) is 19.1 Å². The van der Waals surface area contributed by atoms with Crippen LogP contribution in [0.4, 0.5) is 5.69 Å². The third-order valence-corrected chi connectivity index (χ3v) is 5.25. The SMILES string of the molecule is Cc1ccc(S(=O)(=O)CC(C)C(=O)Nc2cnc(C#N)nc2)cc1. The molecule has 1 heterocycles. The van der Waals surface area contributed by atoms with Crippen molar-refractivity contribution >= 4 is 21.4 Å². The Hall–Kier alpha value is -2.79. The van der Waals surface area contributed by atoms with Gasteiger partial charge in [-0.25, -0.2) is 18.4 Å². The van der Waals surface area contributed by atoms with Crippen LogP contribution in [0, 0.1) is 24.2 Å². The van der Waals surface area contributed by atoms with Crippen molar-refractivity contribution in [1.29, 1.82) is 5.26 Å². The normalized spacial score (nSPS) is 12.2. The van der Waals surface area contributed by atoms with Gasteiger partial charge in [0.25, 0.3) is 0 Å². The zero-order chi connectivity index (χ0) is 17.7. The Balaban J connectivity index is 2.04. The highest BCUT2D eigenvalue weighted by Crippen LogP contribution is 2.16. The first-order valence-corrected chi connectivity index (χ1v) is 8.79. The molecule has 0 spiro atoms. The Morgan fingerprint density at radius 1 is 1.25 bits per heavy atom. The molecule has 7 nitrogen and oxygen atoms in total. The first-order chi connectivity index (χ1) is 11.3. The molecule has 0 bridgehead atoms. The lowest BCUT2D eigenvalue weighted by atomic mass is 10.2. The van der Waals surface area contributed by atoms with Crippen LogP contribution in [-0.4, -0.2) is 30.0 Å². The fourth-order valence-corrected chi connectivity index (χ4v) is 3.52. The number of nitrogens with zero attached hydrogens (tertiary/aromatic N) is 3. The maximum Gasteiger partial charge on any atom is 0.232 e. The molecule has 1 amide bonds. The minimum Gasteiger partial charge on any atom is -0.323 e. The molecular weight excluding hydrogens is 328 g/mol. The van der Waals surface area contributed by atoms with Crippen molar-refractivity contribution in [3.63, 3.8) is 0 Å². The van der Waals surface area contributed by atoms with Crippen molar-refractivity contribution in [2.24, 2.45) is 5.92 Å². The van der Waals surface area contributed by atoms with Crippen LogP contribution in [0.5, 0.6) is 0 Å². The average Bonchev–Trinajstić information content (AvgIpc) is 2.55. The van der Waals surface area contributed by atoms with Crippen LogP contribution in [0.25, 0.3) is 0 Å². The molecule has 0 aliphatic carbocycles. The molecule has 0 saturated heterocycles. The second kappa shape index (κ2) is 7.19. The van der Waals surface area contributed by atoms with E-state index in [-0.39, 0.29) is 16.5 Å². The van der Waals surface area contributed by atoms with Gasteiger partial charge in [-0.2, -0.15) is 5.26 Å². The van der Waals surface area contributed by atoms with Gasteiger partial charge in [-0.3, -0.25) is 4.79 Å². The van der Waals surface area contributed by atoms with Crippen molar-refractivity contribution in [1.82, 2.24) is 9.97 Å². The van der Waals surface area contributed by atoms with Crippen LogP contribution in [0.2, 0.25) is 0 Å². The zero-order valence-corrected chi connectivity index (χ0v) is 14.0. The summed E-state index contributed by atoms with van der Waals surface area (Å²) in [5.74, 6) is -1.53. The summed E-state index contributed by atoms with van der Waals surface area (Å²) in [6, 6.07) is 8.26. The van der Waals surface area contributed by atoms with Gasteiger partial charge in [-0.1, -0.05) is 24.6 Å². The number of amides is 1. The van der Waals surface area contributed by atoms with E-state index in [1.54, 1.807) is 18.2 Å². The molecule has 1 atom stereocenters. The molecule has 124 valence electrons. The number of carbonyl (C=O) groups is 1. The highest BCUT2D eigenvalue weighted by molar-refractivity contribution is 7.91. The Bertz CT molecular complexity index is 869. The van der Waals surface area contributed by atoms with Crippen LogP contribution >= 0.6 is 0 Å². The maximum atomic E-state index is 12.4. The molecule has 0 aliphatic heterocycles. The van der Waals surface area contributed by atoms with E-state index in [0.717, 1.165) is 5.56 Å². The molecule has 1 aromatic carbocycles. The largest absolute Gasteiger partial charge is 0.323 e. The Morgan fingerprint density at radius 3 is 2.38 bits per heavy atom. The highest BCUT2D eigenvalue weighted by Gasteiger charge is 2.23. The van der Waals surface area contributed by atoms with E-state index < -0.39 is 21.7 Å². The van der Waals surface area contributed by atoms with E-state index in [2.05, 4.69) is 15.3 Å². The molecular formula is C16H16N4O3S. The molecule has 24 heavy (non-hydrogen) atoms. The summed E-state index contributed by atoms with van der Waals surface area (Å²) in [6.45, 7) is 3.40. The molecule has 8 heteroatoms. The van der Waals surface area contributed by atoms with Crippen molar-refractivity contribution in [2.75, 3.05) is 11.1 Å². The van der Waals surface area contributed by atoms with Crippen LogP contribution in [0.3, 0.4) is 0 Å². The number of hydrogen-bond donors (Lipinski definition) is 1. The predicted octanol–water partition coefficient (Wildman–Crippen LogP) is 1.71. The summed E-state index contributed by atoms with van der Waals surface area (Å²) < 4.78 is 24.7. The number of rotatable bonds is 5. The van der Waals surface area contributed by atoms with Crippen molar-refractivity contribution in [2.45, 2.75) is 18.7 Å². The second-order valence-electron chi connectivity index (χ2n) is 5.39. The molecule has 0 fully saturated rings. The lowest BCUT2D eigenvalue weighted by Crippen LogP contribution is -2.27. The Kier molecular flexibility index (Phi) is 5.26. The predicted molar refractivity (Wildman–Crippen MR) is 87.8 cm³/mol. The fourth-order valence-electron chi connectivity index (χ4n) is 1.96. The second-order valence-corrected chi connectivity index (χ2v) is 7.43. The van der Waals surface area contributed by atoms with Crippen LogP contribution in [0.1, 0.15) is 18.3 Å². The number of benzene rings is 1. The monoisotopic (exact) mass is 344 g/mol. The lowest BCUT2D eigenvalue weighted by molar-refractivity contribution is -0.118. The Labute approximate surface area is 140 Å². The van der Waals surface area contributed by atoms with Gasteiger partial charge in [0, 0.05) is 5.92 Å². The van der Waals surface area contributed by atoms with E-state index >= 15 is 0 Å². The number of aryl methyl sites for hydroxylation is 1. The third kappa shape index (κ3) is 4.36. The molecule has 0 saturated carbocycles. The number of hydrogen-bond acceptors (Lipinski definition) is 6. The molecule has 0 radical (unpaired) electrons. The van der Waals surface area contributed by atoms with Crippen molar-refractivity contribution < 1.29 is 13.2 Å². The van der Waals surface area contributed by atoms with Crippen LogP contribution in [-0.2, 0) is 14.6 Å². The average molecular weight is 344 g/mol. The number of carbonyl (C=O) groups excluding carboxylic acids is 1. The first kappa shape index (κ1) is 17.6. The number of nitriles is 1. The van der Waals surface area contributed by atoms with Gasteiger partial charge in [0.05, 0.1) is 28.7 Å². The van der Waals surface area contributed by atoms with E-state index in [9.17, 15) is 13.2 Å². The number of sulfone groups is 1. The molecule has 2 aromatic rings. The topological polar surface area (TPSA) is 113 Å². The molecule has 2 rings (SSSR count). The standard InChI is InChI=1S/C16H16N4O3S/c1-11-3-5-14(6-4-11)24(22,23)10-12(2)16(21)20-13-8-18-15(7-17)19-9-13/h3-6,8-9,12H,10H2,1-2H3,(H,20,21). The first-order valence-electron chi connectivity index (χ1n) is 7.14. The molecule has 0 aliphatic rings. The number of nitrogens with one attached hydrogen (secondary N) is 1. The molecule has 1 unspecified atom stereocenters. The summed E-state index contributed by atoms with van der Waals surface area (Å²) in [6.07, 6.45) is 2.59. The minimum absolute atomic E-state index is 0.0111. The van der Waals surface area contributed by atoms with E-state index in [0.29, 0.717) is 5.69 Å². The smallest absolute Gasteiger partial charge is 0.232 e. The van der Waals surface area contributed by atoms with Gasteiger partial charge < -0.3 is 5.32 Å². The van der Waals surface area contributed by atoms with Crippen molar-refractivity contribution in [3.8, 4) is 6.07 Å². The number of anilines is 1. The fraction of sp³-hybridized carbons (Fsp3) is 0.250. The molecule has 1 N–H and O–H groups in total. The van der Waals surface area contributed by atoms with Crippen molar-refractivity contribution in [3.05, 3.63) is 48.0 Å². The van der Waals surface area contributed by atoms with E-state index in [1.165, 1.54) is 31.5 Å². The third-order valence-electron chi connectivity index (χ3n) is 3.32. The lowest BCUT2D eigenvalue weighted by Gasteiger charge is -2.12. The van der Waals surface area contributed by atoms with E-state index in [4.69, 9.17) is 5.26 Å². The van der Waals surface area contributed by atoms with Gasteiger partial charge in [0.15, 0.2) is 9.84 Å². The van der Waals surface area contributed by atoms with Gasteiger partial charge in [0.2, 0.25) is 11.7 Å². The van der Waals surface area contributed by atoms with Crippen LogP contribution in [0.15, 0.2) is 41.6 Å².